The molecule has 0 amide bonds. The predicted octanol–water partition coefficient (Wildman–Crippen LogP) is 7.20. The van der Waals surface area contributed by atoms with E-state index in [1.165, 1.54) is 12.1 Å². The third-order valence-electron chi connectivity index (χ3n) is 6.16. The Labute approximate surface area is 220 Å². The van der Waals surface area contributed by atoms with Gasteiger partial charge in [0.25, 0.3) is 0 Å². The summed E-state index contributed by atoms with van der Waals surface area (Å²) in [5.74, 6) is 0.323. The monoisotopic (exact) mass is 505 g/mol. The lowest BCUT2D eigenvalue weighted by Gasteiger charge is -2.09. The molecule has 7 nitrogen and oxygen atoms in total. The van der Waals surface area contributed by atoms with Crippen molar-refractivity contribution in [1.29, 1.82) is 0 Å². The molecule has 1 aromatic carbocycles. The van der Waals surface area contributed by atoms with Gasteiger partial charge in [-0.15, -0.1) is 0 Å². The number of hydrogen-bond acceptors (Lipinski definition) is 5. The van der Waals surface area contributed by atoms with E-state index in [1.54, 1.807) is 36.8 Å². The van der Waals surface area contributed by atoms with E-state index in [4.69, 9.17) is 4.98 Å². The Balaban J connectivity index is 1.52. The van der Waals surface area contributed by atoms with Crippen LogP contribution in [0.4, 0.5) is 10.1 Å². The van der Waals surface area contributed by atoms with Crippen LogP contribution in [0.1, 0.15) is 36.7 Å². The highest BCUT2D eigenvalue weighted by Crippen LogP contribution is 2.32. The number of pyridine rings is 2. The van der Waals surface area contributed by atoms with Crippen molar-refractivity contribution in [3.05, 3.63) is 109 Å². The maximum absolute atomic E-state index is 13.5. The highest BCUT2D eigenvalue weighted by molar-refractivity contribution is 5.93. The fourth-order valence-corrected chi connectivity index (χ4v) is 4.37. The normalized spacial score (nSPS) is 11.6. The van der Waals surface area contributed by atoms with Crippen LogP contribution in [-0.4, -0.2) is 30.1 Å². The van der Waals surface area contributed by atoms with Crippen molar-refractivity contribution in [3.63, 3.8) is 0 Å². The molecule has 0 aliphatic rings. The van der Waals surface area contributed by atoms with Gasteiger partial charge in [0.1, 0.15) is 11.5 Å². The molecule has 0 spiro atoms. The van der Waals surface area contributed by atoms with E-state index in [0.29, 0.717) is 11.5 Å². The highest BCUT2D eigenvalue weighted by atomic mass is 19.1. The van der Waals surface area contributed by atoms with Gasteiger partial charge in [0.05, 0.1) is 35.0 Å². The number of halogens is 1. The van der Waals surface area contributed by atoms with E-state index in [9.17, 15) is 4.39 Å². The summed E-state index contributed by atoms with van der Waals surface area (Å²) in [6.45, 7) is 12.0. The predicted molar refractivity (Wildman–Crippen MR) is 151 cm³/mol. The summed E-state index contributed by atoms with van der Waals surface area (Å²) < 4.78 is 13.5. The van der Waals surface area contributed by atoms with E-state index in [1.807, 2.05) is 25.1 Å². The van der Waals surface area contributed by atoms with Gasteiger partial charge in [0.15, 0.2) is 5.82 Å². The summed E-state index contributed by atoms with van der Waals surface area (Å²) in [6, 6.07) is 10.3. The maximum Gasteiger partial charge on any atom is 0.159 e. The van der Waals surface area contributed by atoms with Gasteiger partial charge in [-0.3, -0.25) is 15.1 Å². The van der Waals surface area contributed by atoms with Gasteiger partial charge in [-0.25, -0.2) is 9.37 Å². The molecule has 0 fully saturated rings. The molecule has 5 rings (SSSR count). The summed E-state index contributed by atoms with van der Waals surface area (Å²) in [4.78, 5) is 17.3. The Hall–Kier alpha value is -4.85. The quantitative estimate of drug-likeness (QED) is 0.184. The molecule has 0 bridgehead atoms. The number of rotatable bonds is 9. The number of fused-ring (bicyclic) bond motifs is 1. The number of aromatic amines is 2. The molecule has 0 unspecified atom stereocenters. The van der Waals surface area contributed by atoms with E-state index < -0.39 is 0 Å². The number of imidazole rings is 1. The minimum absolute atomic E-state index is 0.291. The van der Waals surface area contributed by atoms with Crippen LogP contribution in [0.2, 0.25) is 0 Å². The van der Waals surface area contributed by atoms with Gasteiger partial charge in [0, 0.05) is 34.1 Å². The Morgan fingerprint density at radius 3 is 2.71 bits per heavy atom. The second-order valence-electron chi connectivity index (χ2n) is 9.01. The smallest absolute Gasteiger partial charge is 0.159 e. The molecule has 0 aliphatic carbocycles. The van der Waals surface area contributed by atoms with Gasteiger partial charge < -0.3 is 10.3 Å². The molecular formula is C30H28FN7. The number of H-pyrrole nitrogens is 2. The third-order valence-corrected chi connectivity index (χ3v) is 6.16. The number of aryl methyl sites for hydroxylation is 1. The molecule has 0 saturated heterocycles. The van der Waals surface area contributed by atoms with Crippen LogP contribution < -0.4 is 5.32 Å². The summed E-state index contributed by atoms with van der Waals surface area (Å²) in [5, 5.41) is 11.8. The lowest BCUT2D eigenvalue weighted by molar-refractivity contribution is 0.627. The summed E-state index contributed by atoms with van der Waals surface area (Å²) in [5.41, 5.74) is 8.19. The Morgan fingerprint density at radius 2 is 1.95 bits per heavy atom. The highest BCUT2D eigenvalue weighted by Gasteiger charge is 2.18. The Kier molecular flexibility index (Phi) is 6.95. The van der Waals surface area contributed by atoms with Crippen molar-refractivity contribution in [2.45, 2.75) is 26.7 Å². The standard InChI is InChI=1S/C30H28FN7/c1-5-7-18(3)34-23-13-21(15-32-16-23)26-14-25-27(17-33-26)37-38-29(25)30-35-19(4)28(36-30)24(8-6-2)20-9-11-22(31)12-10-20/h6,8-17,34H,2-3,5,7H2,1,4H3,(H,35,36)(H,37,38)/b24-8-. The molecule has 190 valence electrons. The Bertz CT molecular complexity index is 1660. The summed E-state index contributed by atoms with van der Waals surface area (Å²) in [6.07, 6.45) is 10.8. The second-order valence-corrected chi connectivity index (χ2v) is 9.01. The van der Waals surface area contributed by atoms with Crippen molar-refractivity contribution in [2.24, 2.45) is 0 Å². The molecule has 8 heteroatoms. The van der Waals surface area contributed by atoms with Crippen molar-refractivity contribution < 1.29 is 4.39 Å². The molecule has 4 aromatic heterocycles. The number of nitrogens with zero attached hydrogens (tertiary/aromatic N) is 4. The fraction of sp³-hybridized carbons (Fsp3) is 0.133. The van der Waals surface area contributed by atoms with Gasteiger partial charge >= 0.3 is 0 Å². The number of aromatic nitrogens is 6. The number of allylic oxidation sites excluding steroid dienone is 3. The lowest BCUT2D eigenvalue weighted by Crippen LogP contribution is -1.98. The molecule has 5 aromatic rings. The molecule has 0 atom stereocenters. The summed E-state index contributed by atoms with van der Waals surface area (Å²) >= 11 is 0. The van der Waals surface area contributed by atoms with Gasteiger partial charge in [-0.1, -0.05) is 50.8 Å². The third kappa shape index (κ3) is 5.01. The average molecular weight is 506 g/mol. The Morgan fingerprint density at radius 1 is 1.13 bits per heavy atom. The molecular weight excluding hydrogens is 477 g/mol. The first-order valence-corrected chi connectivity index (χ1v) is 12.4. The molecule has 0 radical (unpaired) electrons. The zero-order valence-electron chi connectivity index (χ0n) is 21.3. The zero-order valence-corrected chi connectivity index (χ0v) is 21.3. The van der Waals surface area contributed by atoms with Crippen LogP contribution in [0.5, 0.6) is 0 Å². The van der Waals surface area contributed by atoms with Gasteiger partial charge in [-0.05, 0) is 43.2 Å². The van der Waals surface area contributed by atoms with Crippen LogP contribution in [0.3, 0.4) is 0 Å². The number of anilines is 1. The van der Waals surface area contributed by atoms with Crippen molar-refractivity contribution in [2.75, 3.05) is 5.32 Å². The number of hydrogen-bond donors (Lipinski definition) is 3. The molecule has 4 heterocycles. The first kappa shape index (κ1) is 24.8. The van der Waals surface area contributed by atoms with E-state index in [2.05, 4.69) is 50.5 Å². The van der Waals surface area contributed by atoms with E-state index in [0.717, 1.165) is 68.9 Å². The van der Waals surface area contributed by atoms with E-state index >= 15 is 0 Å². The van der Waals surface area contributed by atoms with Crippen LogP contribution in [0.15, 0.2) is 86.0 Å². The molecule has 0 saturated carbocycles. The molecule has 0 aliphatic heterocycles. The van der Waals surface area contributed by atoms with Crippen molar-refractivity contribution in [1.82, 2.24) is 30.1 Å². The minimum atomic E-state index is -0.291. The zero-order chi connectivity index (χ0) is 26.6. The molecule has 38 heavy (non-hydrogen) atoms. The van der Waals surface area contributed by atoms with Crippen LogP contribution in [0, 0.1) is 12.7 Å². The average Bonchev–Trinajstić information content (AvgIpc) is 3.51. The summed E-state index contributed by atoms with van der Waals surface area (Å²) in [7, 11) is 0. The first-order valence-electron chi connectivity index (χ1n) is 12.4. The maximum atomic E-state index is 13.5. The first-order chi connectivity index (χ1) is 18.5. The lowest BCUT2D eigenvalue weighted by atomic mass is 10.0. The second kappa shape index (κ2) is 10.6. The fourth-order valence-electron chi connectivity index (χ4n) is 4.37. The van der Waals surface area contributed by atoms with Crippen LogP contribution in [-0.2, 0) is 0 Å². The number of nitrogens with one attached hydrogen (secondary N) is 3. The van der Waals surface area contributed by atoms with Crippen LogP contribution in [0.25, 0.3) is 39.3 Å². The SMILES string of the molecule is C=C/C=C(/c1ccc(F)cc1)c1nc(-c2n[nH]c3cnc(-c4cncc(NC(=C)CCC)c4)cc23)[nH]c1C. The van der Waals surface area contributed by atoms with E-state index in [-0.39, 0.29) is 5.82 Å². The van der Waals surface area contributed by atoms with Crippen molar-refractivity contribution >= 4 is 22.2 Å². The molecule has 3 N–H and O–H groups in total. The van der Waals surface area contributed by atoms with Crippen LogP contribution >= 0.6 is 0 Å². The largest absolute Gasteiger partial charge is 0.358 e. The minimum Gasteiger partial charge on any atom is -0.358 e. The van der Waals surface area contributed by atoms with Crippen molar-refractivity contribution in [3.8, 4) is 22.8 Å². The van der Waals surface area contributed by atoms with Gasteiger partial charge in [0.2, 0.25) is 0 Å². The topological polar surface area (TPSA) is 95.2 Å². The number of benzene rings is 1. The van der Waals surface area contributed by atoms with Gasteiger partial charge in [-0.2, -0.15) is 5.10 Å².